The van der Waals surface area contributed by atoms with Crippen molar-refractivity contribution in [3.05, 3.63) is 36.4 Å². The van der Waals surface area contributed by atoms with Gasteiger partial charge in [0.05, 0.1) is 0 Å². The molecule has 0 spiro atoms. The van der Waals surface area contributed by atoms with Gasteiger partial charge in [0.15, 0.2) is 0 Å². The van der Waals surface area contributed by atoms with Gasteiger partial charge in [-0.15, -0.1) is 0 Å². The smallest absolute Gasteiger partial charge is 0.0415 e. The van der Waals surface area contributed by atoms with E-state index >= 15 is 0 Å². The Kier molecular flexibility index (Phi) is 2.32. The van der Waals surface area contributed by atoms with Gasteiger partial charge in [-0.3, -0.25) is 0 Å². The largest absolute Gasteiger partial charge is 0.399 e. The molecule has 0 bridgehead atoms. The second kappa shape index (κ2) is 3.66. The van der Waals surface area contributed by atoms with E-state index in [0.717, 1.165) is 11.1 Å². The van der Waals surface area contributed by atoms with Gasteiger partial charge in [-0.2, -0.15) is 0 Å². The second-order valence-electron chi connectivity index (χ2n) is 3.66. The molecule has 0 saturated heterocycles. The van der Waals surface area contributed by atoms with Crippen LogP contribution in [-0.2, 0) is 0 Å². The molecular formula is C12H14N4. The van der Waals surface area contributed by atoms with Gasteiger partial charge in [0.25, 0.3) is 0 Å². The summed E-state index contributed by atoms with van der Waals surface area (Å²) in [5.41, 5.74) is 27.3. The number of benzene rings is 2. The molecule has 82 valence electrons. The summed E-state index contributed by atoms with van der Waals surface area (Å²) in [7, 11) is 0. The van der Waals surface area contributed by atoms with Crippen molar-refractivity contribution >= 4 is 22.7 Å². The normalized spacial score (nSPS) is 10.2. The number of hydrogen-bond acceptors (Lipinski definition) is 4. The standard InChI is InChI=1S/C12H14N4/c13-7-4-5-8(11(16)6-7)12-9(14)2-1-3-10(12)15/h1-6H,13-16H2. The minimum atomic E-state index is 0.574. The highest BCUT2D eigenvalue weighted by Gasteiger charge is 2.09. The maximum Gasteiger partial charge on any atom is 0.0415 e. The molecule has 2 rings (SSSR count). The predicted molar refractivity (Wildman–Crippen MR) is 69.5 cm³/mol. The Bertz CT molecular complexity index is 514. The number of nitrogens with two attached hydrogens (primary N) is 4. The molecule has 0 atom stereocenters. The van der Waals surface area contributed by atoms with Crippen molar-refractivity contribution in [3.8, 4) is 11.1 Å². The zero-order valence-electron chi connectivity index (χ0n) is 8.77. The summed E-state index contributed by atoms with van der Waals surface area (Å²) in [5.74, 6) is 0. The zero-order chi connectivity index (χ0) is 11.7. The Morgan fingerprint density at radius 2 is 1.31 bits per heavy atom. The fourth-order valence-electron chi connectivity index (χ4n) is 1.71. The first kappa shape index (κ1) is 10.2. The van der Waals surface area contributed by atoms with Crippen LogP contribution in [-0.4, -0.2) is 0 Å². The Morgan fingerprint density at radius 1 is 0.688 bits per heavy atom. The molecule has 0 aliphatic rings. The molecule has 0 fully saturated rings. The van der Waals surface area contributed by atoms with Crippen LogP contribution in [0, 0.1) is 0 Å². The molecule has 8 N–H and O–H groups in total. The Hall–Kier alpha value is -2.36. The van der Waals surface area contributed by atoms with E-state index in [-0.39, 0.29) is 0 Å². The summed E-state index contributed by atoms with van der Waals surface area (Å²) < 4.78 is 0. The van der Waals surface area contributed by atoms with Gasteiger partial charge in [0.2, 0.25) is 0 Å². The lowest BCUT2D eigenvalue weighted by Crippen LogP contribution is -1.99. The average Bonchev–Trinajstić information content (AvgIpc) is 2.20. The van der Waals surface area contributed by atoms with E-state index in [9.17, 15) is 0 Å². The zero-order valence-corrected chi connectivity index (χ0v) is 8.77. The van der Waals surface area contributed by atoms with Gasteiger partial charge >= 0.3 is 0 Å². The first-order chi connectivity index (χ1) is 7.59. The molecule has 4 heteroatoms. The quantitative estimate of drug-likeness (QED) is 0.542. The van der Waals surface area contributed by atoms with Crippen LogP contribution in [0.3, 0.4) is 0 Å². The Morgan fingerprint density at radius 3 is 1.88 bits per heavy atom. The lowest BCUT2D eigenvalue weighted by Gasteiger charge is -2.12. The fraction of sp³-hybridized carbons (Fsp3) is 0. The van der Waals surface area contributed by atoms with Crippen LogP contribution in [0.25, 0.3) is 11.1 Å². The molecule has 2 aromatic carbocycles. The molecule has 0 unspecified atom stereocenters. The second-order valence-corrected chi connectivity index (χ2v) is 3.66. The van der Waals surface area contributed by atoms with Crippen LogP contribution >= 0.6 is 0 Å². The van der Waals surface area contributed by atoms with E-state index in [4.69, 9.17) is 22.9 Å². The number of hydrogen-bond donors (Lipinski definition) is 4. The number of anilines is 4. The van der Waals surface area contributed by atoms with Crippen molar-refractivity contribution in [2.24, 2.45) is 0 Å². The summed E-state index contributed by atoms with van der Waals surface area (Å²) in [6, 6.07) is 10.7. The van der Waals surface area contributed by atoms with Crippen LogP contribution in [0.15, 0.2) is 36.4 Å². The Labute approximate surface area is 93.8 Å². The van der Waals surface area contributed by atoms with Gasteiger partial charge in [0, 0.05) is 33.9 Å². The lowest BCUT2D eigenvalue weighted by molar-refractivity contribution is 1.59. The molecule has 0 heterocycles. The van der Waals surface area contributed by atoms with Gasteiger partial charge < -0.3 is 22.9 Å². The molecule has 0 amide bonds. The van der Waals surface area contributed by atoms with Gasteiger partial charge in [-0.25, -0.2) is 0 Å². The lowest BCUT2D eigenvalue weighted by atomic mass is 10.00. The molecule has 0 aliphatic heterocycles. The van der Waals surface area contributed by atoms with Gasteiger partial charge in [-0.05, 0) is 24.3 Å². The summed E-state index contributed by atoms with van der Waals surface area (Å²) in [6.07, 6.45) is 0. The topological polar surface area (TPSA) is 104 Å². The van der Waals surface area contributed by atoms with E-state index in [0.29, 0.717) is 22.7 Å². The van der Waals surface area contributed by atoms with E-state index in [1.165, 1.54) is 0 Å². The molecule has 16 heavy (non-hydrogen) atoms. The molecule has 0 radical (unpaired) electrons. The SMILES string of the molecule is Nc1ccc(-c2c(N)cccc2N)c(N)c1. The first-order valence-corrected chi connectivity index (χ1v) is 4.89. The Balaban J connectivity index is 2.68. The maximum absolute atomic E-state index is 5.90. The molecule has 0 aliphatic carbocycles. The third-order valence-corrected chi connectivity index (χ3v) is 2.47. The minimum absolute atomic E-state index is 0.574. The van der Waals surface area contributed by atoms with Crippen LogP contribution < -0.4 is 22.9 Å². The minimum Gasteiger partial charge on any atom is -0.399 e. The van der Waals surface area contributed by atoms with Crippen LogP contribution in [0.2, 0.25) is 0 Å². The molecule has 0 saturated carbocycles. The van der Waals surface area contributed by atoms with E-state index in [2.05, 4.69) is 0 Å². The highest BCUT2D eigenvalue weighted by Crippen LogP contribution is 2.35. The van der Waals surface area contributed by atoms with Crippen molar-refractivity contribution in [3.63, 3.8) is 0 Å². The monoisotopic (exact) mass is 214 g/mol. The summed E-state index contributed by atoms with van der Waals surface area (Å²) >= 11 is 0. The van der Waals surface area contributed by atoms with E-state index in [1.807, 2.05) is 12.1 Å². The summed E-state index contributed by atoms with van der Waals surface area (Å²) in [6.45, 7) is 0. The van der Waals surface area contributed by atoms with Gasteiger partial charge in [-0.1, -0.05) is 12.1 Å². The first-order valence-electron chi connectivity index (χ1n) is 4.89. The van der Waals surface area contributed by atoms with Crippen molar-refractivity contribution in [2.75, 3.05) is 22.9 Å². The average molecular weight is 214 g/mol. The molecule has 2 aromatic rings. The van der Waals surface area contributed by atoms with Crippen molar-refractivity contribution in [2.45, 2.75) is 0 Å². The van der Waals surface area contributed by atoms with E-state index < -0.39 is 0 Å². The third-order valence-electron chi connectivity index (χ3n) is 2.47. The van der Waals surface area contributed by atoms with Crippen LogP contribution in [0.4, 0.5) is 22.7 Å². The third kappa shape index (κ3) is 1.61. The maximum atomic E-state index is 5.90. The van der Waals surface area contributed by atoms with Crippen molar-refractivity contribution < 1.29 is 0 Å². The predicted octanol–water partition coefficient (Wildman–Crippen LogP) is 1.68. The van der Waals surface area contributed by atoms with E-state index in [1.54, 1.807) is 24.3 Å². The highest BCUT2D eigenvalue weighted by molar-refractivity contribution is 5.92. The molecule has 0 aromatic heterocycles. The van der Waals surface area contributed by atoms with Crippen molar-refractivity contribution in [1.82, 2.24) is 0 Å². The fourth-order valence-corrected chi connectivity index (χ4v) is 1.71. The van der Waals surface area contributed by atoms with Crippen molar-refractivity contribution in [1.29, 1.82) is 0 Å². The molecule has 4 nitrogen and oxygen atoms in total. The summed E-state index contributed by atoms with van der Waals surface area (Å²) in [4.78, 5) is 0. The summed E-state index contributed by atoms with van der Waals surface area (Å²) in [5, 5.41) is 0. The number of rotatable bonds is 1. The van der Waals surface area contributed by atoms with Crippen LogP contribution in [0.5, 0.6) is 0 Å². The highest BCUT2D eigenvalue weighted by atomic mass is 14.6. The van der Waals surface area contributed by atoms with Crippen LogP contribution in [0.1, 0.15) is 0 Å². The van der Waals surface area contributed by atoms with Gasteiger partial charge in [0.1, 0.15) is 0 Å². The number of nitrogen functional groups attached to an aromatic ring is 4. The molecular weight excluding hydrogens is 200 g/mol.